The van der Waals surface area contributed by atoms with E-state index in [1.165, 1.54) is 12.4 Å². The topological polar surface area (TPSA) is 47.0 Å². The maximum Gasteiger partial charge on any atom is 0.227 e. The molecule has 0 amide bonds. The first kappa shape index (κ1) is 14.7. The zero-order valence-corrected chi connectivity index (χ0v) is 12.9. The molecule has 0 aliphatic rings. The Balaban J connectivity index is 2.32. The van der Waals surface area contributed by atoms with Gasteiger partial charge in [0.15, 0.2) is 0 Å². The number of nitrogens with zero attached hydrogens (tertiary/aromatic N) is 2. The lowest BCUT2D eigenvalue weighted by molar-refractivity contribution is 0.453. The molecule has 0 unspecified atom stereocenters. The van der Waals surface area contributed by atoms with Gasteiger partial charge in [-0.15, -0.1) is 0 Å². The van der Waals surface area contributed by atoms with Gasteiger partial charge in [0.25, 0.3) is 0 Å². The summed E-state index contributed by atoms with van der Waals surface area (Å²) in [6.07, 6.45) is 2.19. The first-order chi connectivity index (χ1) is 9.65. The predicted molar refractivity (Wildman–Crippen MR) is 79.7 cm³/mol. The Morgan fingerprint density at radius 3 is 2.75 bits per heavy atom. The second-order valence-corrected chi connectivity index (χ2v) is 4.92. The third-order valence-corrected chi connectivity index (χ3v) is 3.32. The largest absolute Gasteiger partial charge is 0.439 e. The van der Waals surface area contributed by atoms with Gasteiger partial charge in [0.2, 0.25) is 5.88 Å². The van der Waals surface area contributed by atoms with Crippen LogP contribution in [0.1, 0.15) is 19.4 Å². The minimum Gasteiger partial charge on any atom is -0.439 e. The van der Waals surface area contributed by atoms with Crippen molar-refractivity contribution in [2.24, 2.45) is 0 Å². The molecule has 0 aliphatic heterocycles. The van der Waals surface area contributed by atoms with E-state index < -0.39 is 0 Å². The van der Waals surface area contributed by atoms with E-state index in [-0.39, 0.29) is 5.82 Å². The SMILES string of the molecule is CCNc1ncnc(Oc2ccc(F)c(Br)c2)c1CC. The fourth-order valence-corrected chi connectivity index (χ4v) is 2.13. The minimum absolute atomic E-state index is 0.330. The van der Waals surface area contributed by atoms with Gasteiger partial charge in [0.1, 0.15) is 23.7 Å². The summed E-state index contributed by atoms with van der Waals surface area (Å²) < 4.78 is 19.3. The summed E-state index contributed by atoms with van der Waals surface area (Å²) in [5.74, 6) is 1.44. The van der Waals surface area contributed by atoms with Crippen LogP contribution in [0.4, 0.5) is 10.2 Å². The molecular weight excluding hydrogens is 325 g/mol. The summed E-state index contributed by atoms with van der Waals surface area (Å²) in [7, 11) is 0. The third kappa shape index (κ3) is 3.25. The van der Waals surface area contributed by atoms with Crippen molar-refractivity contribution in [2.45, 2.75) is 20.3 Å². The van der Waals surface area contributed by atoms with Gasteiger partial charge in [-0.25, -0.2) is 14.4 Å². The van der Waals surface area contributed by atoms with Crippen LogP contribution < -0.4 is 10.1 Å². The van der Waals surface area contributed by atoms with Crippen molar-refractivity contribution in [3.8, 4) is 11.6 Å². The molecule has 2 rings (SSSR count). The fourth-order valence-electron chi connectivity index (χ4n) is 1.77. The van der Waals surface area contributed by atoms with Crippen LogP contribution in [0.15, 0.2) is 29.0 Å². The van der Waals surface area contributed by atoms with Crippen LogP contribution in [0.5, 0.6) is 11.6 Å². The Hall–Kier alpha value is -1.69. The van der Waals surface area contributed by atoms with Crippen molar-refractivity contribution < 1.29 is 9.13 Å². The molecule has 0 aliphatic carbocycles. The van der Waals surface area contributed by atoms with Gasteiger partial charge in [0, 0.05) is 6.54 Å². The van der Waals surface area contributed by atoms with E-state index in [0.29, 0.717) is 16.1 Å². The number of ether oxygens (including phenoxy) is 1. The molecule has 0 saturated heterocycles. The van der Waals surface area contributed by atoms with E-state index in [2.05, 4.69) is 31.2 Å². The molecule has 20 heavy (non-hydrogen) atoms. The lowest BCUT2D eigenvalue weighted by atomic mass is 10.2. The van der Waals surface area contributed by atoms with Crippen molar-refractivity contribution in [1.82, 2.24) is 9.97 Å². The van der Waals surface area contributed by atoms with Crippen molar-refractivity contribution in [3.05, 3.63) is 40.4 Å². The van der Waals surface area contributed by atoms with Gasteiger partial charge in [-0.2, -0.15) is 0 Å². The number of hydrogen-bond donors (Lipinski definition) is 1. The van der Waals surface area contributed by atoms with Crippen LogP contribution in [-0.4, -0.2) is 16.5 Å². The number of halogens is 2. The number of anilines is 1. The number of hydrogen-bond acceptors (Lipinski definition) is 4. The highest BCUT2D eigenvalue weighted by molar-refractivity contribution is 9.10. The van der Waals surface area contributed by atoms with E-state index >= 15 is 0 Å². The Bertz CT molecular complexity index is 607. The molecule has 0 radical (unpaired) electrons. The van der Waals surface area contributed by atoms with Gasteiger partial charge in [-0.1, -0.05) is 6.92 Å². The molecule has 0 atom stereocenters. The lowest BCUT2D eigenvalue weighted by Crippen LogP contribution is -2.05. The summed E-state index contributed by atoms with van der Waals surface area (Å²) in [6, 6.07) is 4.48. The number of aromatic nitrogens is 2. The number of nitrogens with one attached hydrogen (secondary N) is 1. The molecule has 6 heteroatoms. The molecule has 4 nitrogen and oxygen atoms in total. The second-order valence-electron chi connectivity index (χ2n) is 4.07. The molecular formula is C14H15BrFN3O. The highest BCUT2D eigenvalue weighted by Gasteiger charge is 2.12. The molecule has 1 aromatic heterocycles. The average molecular weight is 340 g/mol. The normalized spacial score (nSPS) is 10.4. The smallest absolute Gasteiger partial charge is 0.227 e. The highest BCUT2D eigenvalue weighted by atomic mass is 79.9. The average Bonchev–Trinajstić information content (AvgIpc) is 2.44. The van der Waals surface area contributed by atoms with Crippen LogP contribution in [0.3, 0.4) is 0 Å². The molecule has 0 fully saturated rings. The van der Waals surface area contributed by atoms with E-state index in [1.54, 1.807) is 12.1 Å². The lowest BCUT2D eigenvalue weighted by Gasteiger charge is -2.13. The van der Waals surface area contributed by atoms with Crippen molar-refractivity contribution in [2.75, 3.05) is 11.9 Å². The molecule has 0 spiro atoms. The molecule has 1 heterocycles. The zero-order valence-electron chi connectivity index (χ0n) is 11.3. The predicted octanol–water partition coefficient (Wildman–Crippen LogP) is 4.16. The summed E-state index contributed by atoms with van der Waals surface area (Å²) >= 11 is 3.13. The van der Waals surface area contributed by atoms with Gasteiger partial charge in [-0.3, -0.25) is 0 Å². The van der Waals surface area contributed by atoms with E-state index in [9.17, 15) is 4.39 Å². The van der Waals surface area contributed by atoms with E-state index in [1.807, 2.05) is 13.8 Å². The molecule has 106 valence electrons. The van der Waals surface area contributed by atoms with Crippen LogP contribution in [0, 0.1) is 5.82 Å². The fraction of sp³-hybridized carbons (Fsp3) is 0.286. The summed E-state index contributed by atoms with van der Waals surface area (Å²) in [6.45, 7) is 4.78. The molecule has 0 bridgehead atoms. The summed E-state index contributed by atoms with van der Waals surface area (Å²) in [5.41, 5.74) is 0.898. The number of benzene rings is 1. The van der Waals surface area contributed by atoms with Crippen molar-refractivity contribution >= 4 is 21.7 Å². The van der Waals surface area contributed by atoms with Crippen LogP contribution in [-0.2, 0) is 6.42 Å². The van der Waals surface area contributed by atoms with Gasteiger partial charge in [0.05, 0.1) is 10.0 Å². The third-order valence-electron chi connectivity index (χ3n) is 2.71. The molecule has 1 aromatic carbocycles. The zero-order chi connectivity index (χ0) is 14.5. The Morgan fingerprint density at radius 1 is 1.30 bits per heavy atom. The quantitative estimate of drug-likeness (QED) is 0.888. The monoisotopic (exact) mass is 339 g/mol. The first-order valence-corrected chi connectivity index (χ1v) is 7.15. The van der Waals surface area contributed by atoms with Crippen molar-refractivity contribution in [1.29, 1.82) is 0 Å². The van der Waals surface area contributed by atoms with Gasteiger partial charge < -0.3 is 10.1 Å². The van der Waals surface area contributed by atoms with Crippen molar-refractivity contribution in [3.63, 3.8) is 0 Å². The summed E-state index contributed by atoms with van der Waals surface area (Å²) in [4.78, 5) is 8.36. The Labute approximate surface area is 125 Å². The first-order valence-electron chi connectivity index (χ1n) is 6.36. The Morgan fingerprint density at radius 2 is 2.10 bits per heavy atom. The van der Waals surface area contributed by atoms with Crippen LogP contribution in [0.25, 0.3) is 0 Å². The molecule has 0 saturated carbocycles. The van der Waals surface area contributed by atoms with Crippen LogP contribution in [0.2, 0.25) is 0 Å². The Kier molecular flexibility index (Phi) is 4.89. The maximum absolute atomic E-state index is 13.2. The standard InChI is InChI=1S/C14H15BrFN3O/c1-3-10-13(17-4-2)18-8-19-14(10)20-9-5-6-12(16)11(15)7-9/h5-8H,3-4H2,1-2H3,(H,17,18,19). The van der Waals surface area contributed by atoms with Gasteiger partial charge in [-0.05, 0) is 47.5 Å². The number of rotatable bonds is 5. The summed E-state index contributed by atoms with van der Waals surface area (Å²) in [5, 5.41) is 3.17. The molecule has 2 aromatic rings. The van der Waals surface area contributed by atoms with Gasteiger partial charge >= 0.3 is 0 Å². The maximum atomic E-state index is 13.2. The second kappa shape index (κ2) is 6.65. The minimum atomic E-state index is -0.330. The molecule has 1 N–H and O–H groups in total. The highest BCUT2D eigenvalue weighted by Crippen LogP contribution is 2.29. The van der Waals surface area contributed by atoms with Crippen LogP contribution >= 0.6 is 15.9 Å². The van der Waals surface area contributed by atoms with E-state index in [0.717, 1.165) is 24.3 Å². The van der Waals surface area contributed by atoms with E-state index in [4.69, 9.17) is 4.74 Å².